The van der Waals surface area contributed by atoms with E-state index in [1.54, 1.807) is 0 Å². The number of aromatic nitrogens is 3. The predicted octanol–water partition coefficient (Wildman–Crippen LogP) is 10.4. The summed E-state index contributed by atoms with van der Waals surface area (Å²) in [6, 6.07) is 45.7. The molecule has 0 bridgehead atoms. The van der Waals surface area contributed by atoms with Gasteiger partial charge in [-0.3, -0.25) is 4.57 Å². The number of nitrogens with zero attached hydrogens (tertiary/aromatic N) is 3. The molecule has 9 aromatic rings. The third-order valence-electron chi connectivity index (χ3n) is 8.75. The molecule has 1 aliphatic rings. The molecule has 42 heavy (non-hydrogen) atoms. The van der Waals surface area contributed by atoms with Crippen molar-refractivity contribution >= 4 is 64.1 Å². The Kier molecular flexibility index (Phi) is 4.33. The summed E-state index contributed by atoms with van der Waals surface area (Å²) in [6.07, 6.45) is 0. The van der Waals surface area contributed by atoms with Crippen molar-refractivity contribution < 1.29 is 0 Å². The van der Waals surface area contributed by atoms with Crippen LogP contribution >= 0.6 is 11.3 Å². The number of rotatable bonds is 2. The van der Waals surface area contributed by atoms with Crippen molar-refractivity contribution in [1.29, 1.82) is 0 Å². The summed E-state index contributed by atoms with van der Waals surface area (Å²) in [5.74, 6) is 0.697. The zero-order valence-corrected chi connectivity index (χ0v) is 23.2. The Morgan fingerprint density at radius 3 is 2.19 bits per heavy atom. The topological polar surface area (TPSA) is 30.7 Å². The van der Waals surface area contributed by atoms with Gasteiger partial charge in [0, 0.05) is 47.6 Å². The van der Waals surface area contributed by atoms with Crippen LogP contribution in [-0.2, 0) is 0 Å². The van der Waals surface area contributed by atoms with Crippen LogP contribution in [0, 0.1) is 0 Å². The van der Waals surface area contributed by atoms with E-state index in [-0.39, 0.29) is 0 Å². The Morgan fingerprint density at radius 2 is 1.29 bits per heavy atom. The van der Waals surface area contributed by atoms with Gasteiger partial charge in [-0.25, -0.2) is 9.97 Å². The van der Waals surface area contributed by atoms with E-state index in [1.165, 1.54) is 58.7 Å². The minimum atomic E-state index is 0.697. The summed E-state index contributed by atoms with van der Waals surface area (Å²) in [5.41, 5.74) is 9.07. The van der Waals surface area contributed by atoms with Crippen molar-refractivity contribution in [3.8, 4) is 39.6 Å². The molecule has 1 aliphatic carbocycles. The van der Waals surface area contributed by atoms with E-state index in [9.17, 15) is 0 Å². The van der Waals surface area contributed by atoms with Crippen LogP contribution in [0.3, 0.4) is 0 Å². The molecule has 0 fully saturated rings. The molecule has 0 saturated carbocycles. The van der Waals surface area contributed by atoms with Crippen LogP contribution in [0.4, 0.5) is 0 Å². The number of hydrogen-bond donors (Lipinski definition) is 0. The van der Waals surface area contributed by atoms with E-state index >= 15 is 0 Å². The molecule has 0 spiro atoms. The van der Waals surface area contributed by atoms with Crippen molar-refractivity contribution in [2.24, 2.45) is 0 Å². The van der Waals surface area contributed by atoms with Gasteiger partial charge in [0.2, 0.25) is 5.95 Å². The van der Waals surface area contributed by atoms with Crippen LogP contribution in [0.1, 0.15) is 0 Å². The Bertz CT molecular complexity index is 2580. The summed E-state index contributed by atoms with van der Waals surface area (Å²) >= 11 is 1.84. The monoisotopic (exact) mass is 551 g/mol. The van der Waals surface area contributed by atoms with E-state index in [0.717, 1.165) is 27.7 Å². The highest BCUT2D eigenvalue weighted by atomic mass is 32.1. The summed E-state index contributed by atoms with van der Waals surface area (Å²) in [7, 11) is 0. The molecule has 194 valence electrons. The van der Waals surface area contributed by atoms with Crippen molar-refractivity contribution in [2.75, 3.05) is 0 Å². The Morgan fingerprint density at radius 1 is 0.548 bits per heavy atom. The molecule has 0 unspecified atom stereocenters. The summed E-state index contributed by atoms with van der Waals surface area (Å²) in [6.45, 7) is 0. The van der Waals surface area contributed by atoms with E-state index in [1.807, 2.05) is 11.3 Å². The average Bonchev–Trinajstić information content (AvgIpc) is 3.69. The van der Waals surface area contributed by atoms with Crippen molar-refractivity contribution in [3.05, 3.63) is 127 Å². The first-order chi connectivity index (χ1) is 20.8. The molecule has 0 atom stereocenters. The zero-order valence-electron chi connectivity index (χ0n) is 22.4. The van der Waals surface area contributed by atoms with Gasteiger partial charge in [0.25, 0.3) is 0 Å². The van der Waals surface area contributed by atoms with Crippen LogP contribution in [0.2, 0.25) is 0 Å². The Labute approximate surface area is 245 Å². The number of hydrogen-bond acceptors (Lipinski definition) is 3. The summed E-state index contributed by atoms with van der Waals surface area (Å²) in [4.78, 5) is 10.6. The fourth-order valence-corrected chi connectivity index (χ4v) is 8.12. The minimum absolute atomic E-state index is 0.697. The second kappa shape index (κ2) is 8.12. The highest BCUT2D eigenvalue weighted by Gasteiger charge is 2.30. The lowest BCUT2D eigenvalue weighted by Gasteiger charge is -2.13. The second-order valence-corrected chi connectivity index (χ2v) is 12.1. The molecule has 4 heteroatoms. The second-order valence-electron chi connectivity index (χ2n) is 11.0. The van der Waals surface area contributed by atoms with Crippen LogP contribution in [0.5, 0.6) is 0 Å². The third kappa shape index (κ3) is 2.89. The molecule has 6 aromatic carbocycles. The minimum Gasteiger partial charge on any atom is -0.277 e. The molecule has 0 aliphatic heterocycles. The van der Waals surface area contributed by atoms with Gasteiger partial charge < -0.3 is 0 Å². The lowest BCUT2D eigenvalue weighted by molar-refractivity contribution is 0.993. The molecule has 10 rings (SSSR count). The maximum atomic E-state index is 5.39. The first kappa shape index (κ1) is 22.4. The Hall–Kier alpha value is -5.32. The van der Waals surface area contributed by atoms with Crippen molar-refractivity contribution in [2.45, 2.75) is 0 Å². The zero-order chi connectivity index (χ0) is 27.4. The number of thiophene rings is 1. The molecule has 0 N–H and O–H groups in total. The molecule has 0 radical (unpaired) electrons. The first-order valence-electron chi connectivity index (χ1n) is 14.2. The van der Waals surface area contributed by atoms with Crippen LogP contribution < -0.4 is 0 Å². The van der Waals surface area contributed by atoms with Gasteiger partial charge in [0.15, 0.2) is 0 Å². The summed E-state index contributed by atoms with van der Waals surface area (Å²) in [5, 5.41) is 7.44. The lowest BCUT2D eigenvalue weighted by Crippen LogP contribution is -2.04. The largest absolute Gasteiger partial charge is 0.277 e. The fourth-order valence-electron chi connectivity index (χ4n) is 6.98. The molecule has 0 saturated heterocycles. The van der Waals surface area contributed by atoms with E-state index < -0.39 is 0 Å². The van der Waals surface area contributed by atoms with Crippen molar-refractivity contribution in [3.63, 3.8) is 0 Å². The molecule has 0 amide bonds. The fraction of sp³-hybridized carbons (Fsp3) is 0. The average molecular weight is 552 g/mol. The van der Waals surface area contributed by atoms with Crippen LogP contribution in [-0.4, -0.2) is 14.5 Å². The highest BCUT2D eigenvalue weighted by molar-refractivity contribution is 7.25. The van der Waals surface area contributed by atoms with Crippen LogP contribution in [0.25, 0.3) is 92.3 Å². The standard InChI is InChI=1S/C38H21N3S/c1-4-16-30-26(12-1)36(23-19-20-25-24-11-3-6-18-32(24)42-33(25)21-23)40-38(39-30)41-31-17-5-2-13-27(31)35-28-14-7-9-22-10-8-15-29(34(22)28)37(35)41/h1-21H. The molecule has 3 aromatic heterocycles. The van der Waals surface area contributed by atoms with Gasteiger partial charge in [-0.05, 0) is 40.6 Å². The number of fused-ring (bicyclic) bond motifs is 9. The smallest absolute Gasteiger partial charge is 0.235 e. The number of benzene rings is 6. The van der Waals surface area contributed by atoms with Gasteiger partial charge in [-0.1, -0.05) is 103 Å². The third-order valence-corrected chi connectivity index (χ3v) is 9.88. The molecule has 3 heterocycles. The van der Waals surface area contributed by atoms with Gasteiger partial charge in [0.05, 0.1) is 22.4 Å². The molecular weight excluding hydrogens is 531 g/mol. The SMILES string of the molecule is c1cc2c3c(cccc3c1)-c1c-2c2ccccc2n1-c1nc(-c2ccc3c(c2)sc2ccccc23)c2ccccc2n1. The van der Waals surface area contributed by atoms with Crippen molar-refractivity contribution in [1.82, 2.24) is 14.5 Å². The molecule has 3 nitrogen and oxygen atoms in total. The first-order valence-corrected chi connectivity index (χ1v) is 15.0. The van der Waals surface area contributed by atoms with Gasteiger partial charge in [-0.2, -0.15) is 0 Å². The van der Waals surface area contributed by atoms with E-state index in [2.05, 4.69) is 132 Å². The van der Waals surface area contributed by atoms with E-state index in [4.69, 9.17) is 9.97 Å². The summed E-state index contributed by atoms with van der Waals surface area (Å²) < 4.78 is 4.86. The lowest BCUT2D eigenvalue weighted by atomic mass is 10.0. The maximum absolute atomic E-state index is 5.39. The van der Waals surface area contributed by atoms with Gasteiger partial charge in [-0.15, -0.1) is 11.3 Å². The van der Waals surface area contributed by atoms with Gasteiger partial charge >= 0.3 is 0 Å². The van der Waals surface area contributed by atoms with E-state index in [0.29, 0.717) is 5.95 Å². The maximum Gasteiger partial charge on any atom is 0.235 e. The quantitative estimate of drug-likeness (QED) is 0.214. The highest BCUT2D eigenvalue weighted by Crippen LogP contribution is 2.52. The van der Waals surface area contributed by atoms with Crippen LogP contribution in [0.15, 0.2) is 127 Å². The van der Waals surface area contributed by atoms with Gasteiger partial charge in [0.1, 0.15) is 0 Å². The predicted molar refractivity (Wildman–Crippen MR) is 177 cm³/mol. The Balaban J connectivity index is 1.29. The molecular formula is C38H21N3S. The number of para-hydroxylation sites is 2. The normalized spacial score (nSPS) is 12.3.